The smallest absolute Gasteiger partial charge is 0.251 e. The average Bonchev–Trinajstić information content (AvgIpc) is 2.44. The maximum absolute atomic E-state index is 11.8. The summed E-state index contributed by atoms with van der Waals surface area (Å²) < 4.78 is 5.48. The Labute approximate surface area is 112 Å². The molecule has 0 saturated carbocycles. The van der Waals surface area contributed by atoms with Gasteiger partial charge in [0.25, 0.3) is 5.91 Å². The first-order chi connectivity index (χ1) is 9.25. The van der Waals surface area contributed by atoms with Crippen LogP contribution in [0.5, 0.6) is 5.75 Å². The summed E-state index contributed by atoms with van der Waals surface area (Å²) in [5, 5.41) is 2.78. The Morgan fingerprint density at radius 2 is 1.89 bits per heavy atom. The van der Waals surface area contributed by atoms with E-state index in [-0.39, 0.29) is 5.91 Å². The first kappa shape index (κ1) is 13.0. The van der Waals surface area contributed by atoms with E-state index in [0.29, 0.717) is 24.4 Å². The number of benzene rings is 2. The highest BCUT2D eigenvalue weighted by Gasteiger charge is 2.04. The number of hydrogen-bond acceptors (Lipinski definition) is 3. The molecule has 0 fully saturated rings. The molecule has 98 valence electrons. The van der Waals surface area contributed by atoms with Crippen molar-refractivity contribution < 1.29 is 9.53 Å². The van der Waals surface area contributed by atoms with Crippen LogP contribution in [0.4, 0.5) is 5.69 Å². The zero-order valence-electron chi connectivity index (χ0n) is 10.5. The molecule has 1 amide bonds. The second-order valence-electron chi connectivity index (χ2n) is 4.04. The van der Waals surface area contributed by atoms with E-state index in [1.807, 2.05) is 30.3 Å². The number of nitrogen functional groups attached to an aromatic ring is 1. The number of rotatable bonds is 5. The van der Waals surface area contributed by atoms with Gasteiger partial charge in [0.05, 0.1) is 6.54 Å². The highest BCUT2D eigenvalue weighted by molar-refractivity contribution is 5.94. The molecule has 0 aliphatic heterocycles. The maximum Gasteiger partial charge on any atom is 0.251 e. The van der Waals surface area contributed by atoms with Crippen LogP contribution in [0.3, 0.4) is 0 Å². The molecule has 0 aliphatic rings. The third kappa shape index (κ3) is 4.03. The average molecular weight is 256 g/mol. The van der Waals surface area contributed by atoms with Crippen molar-refractivity contribution in [2.75, 3.05) is 18.9 Å². The van der Waals surface area contributed by atoms with Crippen molar-refractivity contribution in [2.24, 2.45) is 0 Å². The van der Waals surface area contributed by atoms with Crippen LogP contribution >= 0.6 is 0 Å². The minimum atomic E-state index is -0.149. The standard InChI is InChI=1S/C15H16N2O2/c16-13-6-4-5-12(11-13)15(18)17-9-10-19-14-7-2-1-3-8-14/h1-8,11H,9-10,16H2,(H,17,18). The molecule has 0 bridgehead atoms. The van der Waals surface area contributed by atoms with Gasteiger partial charge in [0.15, 0.2) is 0 Å². The molecule has 2 aromatic carbocycles. The minimum Gasteiger partial charge on any atom is -0.492 e. The summed E-state index contributed by atoms with van der Waals surface area (Å²) in [5.74, 6) is 0.643. The van der Waals surface area contributed by atoms with E-state index in [0.717, 1.165) is 5.75 Å². The molecule has 0 saturated heterocycles. The summed E-state index contributed by atoms with van der Waals surface area (Å²) in [6.45, 7) is 0.876. The maximum atomic E-state index is 11.8. The van der Waals surface area contributed by atoms with Crippen LogP contribution in [0.15, 0.2) is 54.6 Å². The normalized spacial score (nSPS) is 9.89. The number of anilines is 1. The van der Waals surface area contributed by atoms with Gasteiger partial charge in [-0.25, -0.2) is 0 Å². The number of carbonyl (C=O) groups excluding carboxylic acids is 1. The Bertz CT molecular complexity index is 541. The molecule has 4 heteroatoms. The first-order valence-corrected chi connectivity index (χ1v) is 6.07. The fourth-order valence-corrected chi connectivity index (χ4v) is 1.63. The summed E-state index contributed by atoms with van der Waals surface area (Å²) >= 11 is 0. The van der Waals surface area contributed by atoms with Crippen LogP contribution in [-0.2, 0) is 0 Å². The Morgan fingerprint density at radius 3 is 2.63 bits per heavy atom. The zero-order chi connectivity index (χ0) is 13.5. The summed E-state index contributed by atoms with van der Waals surface area (Å²) in [4.78, 5) is 11.8. The van der Waals surface area contributed by atoms with Crippen LogP contribution in [0.1, 0.15) is 10.4 Å². The lowest BCUT2D eigenvalue weighted by atomic mass is 10.2. The Balaban J connectivity index is 1.75. The molecular formula is C15H16N2O2. The Morgan fingerprint density at radius 1 is 1.11 bits per heavy atom. The molecule has 0 aromatic heterocycles. The SMILES string of the molecule is Nc1cccc(C(=O)NCCOc2ccccc2)c1. The number of nitrogens with two attached hydrogens (primary N) is 1. The first-order valence-electron chi connectivity index (χ1n) is 6.07. The van der Waals surface area contributed by atoms with E-state index < -0.39 is 0 Å². The Hall–Kier alpha value is -2.49. The minimum absolute atomic E-state index is 0.149. The summed E-state index contributed by atoms with van der Waals surface area (Å²) in [6.07, 6.45) is 0. The summed E-state index contributed by atoms with van der Waals surface area (Å²) in [5.41, 5.74) is 6.75. The van der Waals surface area contributed by atoms with E-state index in [1.165, 1.54) is 0 Å². The van der Waals surface area contributed by atoms with Gasteiger partial charge in [0.1, 0.15) is 12.4 Å². The van der Waals surface area contributed by atoms with Crippen molar-refractivity contribution in [3.05, 3.63) is 60.2 Å². The monoisotopic (exact) mass is 256 g/mol. The predicted molar refractivity (Wildman–Crippen MR) is 75.1 cm³/mol. The number of para-hydroxylation sites is 1. The van der Waals surface area contributed by atoms with Gasteiger partial charge in [0.2, 0.25) is 0 Å². The van der Waals surface area contributed by atoms with Crippen LogP contribution in [0, 0.1) is 0 Å². The van der Waals surface area contributed by atoms with Crippen LogP contribution < -0.4 is 15.8 Å². The fraction of sp³-hybridized carbons (Fsp3) is 0.133. The van der Waals surface area contributed by atoms with Crippen molar-refractivity contribution in [2.45, 2.75) is 0 Å². The predicted octanol–water partition coefficient (Wildman–Crippen LogP) is 2.08. The lowest BCUT2D eigenvalue weighted by molar-refractivity contribution is 0.0947. The van der Waals surface area contributed by atoms with E-state index >= 15 is 0 Å². The molecular weight excluding hydrogens is 240 g/mol. The third-order valence-corrected chi connectivity index (χ3v) is 2.55. The van der Waals surface area contributed by atoms with Gasteiger partial charge < -0.3 is 15.8 Å². The Kier molecular flexibility index (Phi) is 4.39. The van der Waals surface area contributed by atoms with E-state index in [1.54, 1.807) is 24.3 Å². The van der Waals surface area contributed by atoms with Gasteiger partial charge >= 0.3 is 0 Å². The second kappa shape index (κ2) is 6.44. The van der Waals surface area contributed by atoms with Crippen molar-refractivity contribution in [3.63, 3.8) is 0 Å². The molecule has 2 rings (SSSR count). The number of ether oxygens (including phenoxy) is 1. The van der Waals surface area contributed by atoms with Crippen molar-refractivity contribution >= 4 is 11.6 Å². The van der Waals surface area contributed by atoms with Gasteiger partial charge in [-0.2, -0.15) is 0 Å². The second-order valence-corrected chi connectivity index (χ2v) is 4.04. The van der Waals surface area contributed by atoms with E-state index in [2.05, 4.69) is 5.32 Å². The van der Waals surface area contributed by atoms with Gasteiger partial charge in [-0.1, -0.05) is 24.3 Å². The molecule has 0 radical (unpaired) electrons. The summed E-state index contributed by atoms with van der Waals surface area (Å²) in [6, 6.07) is 16.4. The van der Waals surface area contributed by atoms with Crippen molar-refractivity contribution in [3.8, 4) is 5.75 Å². The third-order valence-electron chi connectivity index (χ3n) is 2.55. The van der Waals surface area contributed by atoms with Crippen LogP contribution in [-0.4, -0.2) is 19.1 Å². The van der Waals surface area contributed by atoms with E-state index in [9.17, 15) is 4.79 Å². The molecule has 0 spiro atoms. The summed E-state index contributed by atoms with van der Waals surface area (Å²) in [7, 11) is 0. The van der Waals surface area contributed by atoms with Crippen LogP contribution in [0.25, 0.3) is 0 Å². The molecule has 0 atom stereocenters. The largest absolute Gasteiger partial charge is 0.492 e. The van der Waals surface area contributed by atoms with Gasteiger partial charge in [-0.05, 0) is 30.3 Å². The highest BCUT2D eigenvalue weighted by atomic mass is 16.5. The van der Waals surface area contributed by atoms with Gasteiger partial charge in [0, 0.05) is 11.3 Å². The lowest BCUT2D eigenvalue weighted by Gasteiger charge is -2.08. The van der Waals surface area contributed by atoms with Crippen LogP contribution in [0.2, 0.25) is 0 Å². The number of amides is 1. The van der Waals surface area contributed by atoms with Gasteiger partial charge in [-0.3, -0.25) is 4.79 Å². The highest BCUT2D eigenvalue weighted by Crippen LogP contribution is 2.08. The van der Waals surface area contributed by atoms with Gasteiger partial charge in [-0.15, -0.1) is 0 Å². The lowest BCUT2D eigenvalue weighted by Crippen LogP contribution is -2.28. The molecule has 4 nitrogen and oxygen atoms in total. The number of hydrogen-bond donors (Lipinski definition) is 2. The molecule has 0 heterocycles. The topological polar surface area (TPSA) is 64.4 Å². The quantitative estimate of drug-likeness (QED) is 0.636. The molecule has 2 aromatic rings. The molecule has 0 unspecified atom stereocenters. The molecule has 3 N–H and O–H groups in total. The molecule has 19 heavy (non-hydrogen) atoms. The zero-order valence-corrected chi connectivity index (χ0v) is 10.5. The molecule has 0 aliphatic carbocycles. The van der Waals surface area contributed by atoms with Crippen molar-refractivity contribution in [1.29, 1.82) is 0 Å². The van der Waals surface area contributed by atoms with Crippen molar-refractivity contribution in [1.82, 2.24) is 5.32 Å². The van der Waals surface area contributed by atoms with E-state index in [4.69, 9.17) is 10.5 Å². The number of nitrogens with one attached hydrogen (secondary N) is 1. The number of carbonyl (C=O) groups is 1. The fourth-order valence-electron chi connectivity index (χ4n) is 1.63.